The molecular formula is C19H17NO4. The first-order valence-corrected chi connectivity index (χ1v) is 7.79. The molecule has 24 heavy (non-hydrogen) atoms. The quantitative estimate of drug-likeness (QED) is 0.842. The Labute approximate surface area is 140 Å². The molecule has 0 bridgehead atoms. The molecule has 5 heteroatoms. The number of methoxy groups -OCH3 is 1. The van der Waals surface area contributed by atoms with E-state index in [1.54, 1.807) is 6.20 Å². The zero-order valence-corrected chi connectivity index (χ0v) is 13.3. The SMILES string of the molecule is COC(=O)N1C=CC(Cc2ccc3c(c2)OCO3)c2ccccc21. The highest BCUT2D eigenvalue weighted by molar-refractivity contribution is 5.91. The second kappa shape index (κ2) is 5.92. The summed E-state index contributed by atoms with van der Waals surface area (Å²) < 4.78 is 15.7. The Hall–Kier alpha value is -2.95. The highest BCUT2D eigenvalue weighted by Crippen LogP contribution is 2.38. The summed E-state index contributed by atoms with van der Waals surface area (Å²) >= 11 is 0. The third-order valence-electron chi connectivity index (χ3n) is 4.33. The lowest BCUT2D eigenvalue weighted by Crippen LogP contribution is -2.29. The van der Waals surface area contributed by atoms with Gasteiger partial charge >= 0.3 is 6.09 Å². The number of hydrogen-bond donors (Lipinski definition) is 0. The van der Waals surface area contributed by atoms with Crippen LogP contribution in [0.15, 0.2) is 54.7 Å². The molecule has 0 spiro atoms. The Balaban J connectivity index is 1.64. The highest BCUT2D eigenvalue weighted by atomic mass is 16.7. The summed E-state index contributed by atoms with van der Waals surface area (Å²) in [7, 11) is 1.39. The van der Waals surface area contributed by atoms with Gasteiger partial charge in [0.1, 0.15) is 0 Å². The number of para-hydroxylation sites is 1. The summed E-state index contributed by atoms with van der Waals surface area (Å²) in [4.78, 5) is 13.5. The molecule has 0 aliphatic carbocycles. The van der Waals surface area contributed by atoms with Crippen molar-refractivity contribution in [2.75, 3.05) is 18.8 Å². The standard InChI is InChI=1S/C19H17NO4/c1-22-19(21)20-9-8-14(15-4-2-3-5-16(15)20)10-13-6-7-17-18(11-13)24-12-23-17/h2-9,11,14H,10,12H2,1H3. The molecule has 0 N–H and O–H groups in total. The fourth-order valence-electron chi connectivity index (χ4n) is 3.15. The molecule has 1 amide bonds. The van der Waals surface area contributed by atoms with Gasteiger partial charge < -0.3 is 14.2 Å². The van der Waals surface area contributed by atoms with Gasteiger partial charge in [0.15, 0.2) is 11.5 Å². The number of hydrogen-bond acceptors (Lipinski definition) is 4. The van der Waals surface area contributed by atoms with Gasteiger partial charge in [-0.3, -0.25) is 4.90 Å². The Morgan fingerprint density at radius 3 is 2.92 bits per heavy atom. The summed E-state index contributed by atoms with van der Waals surface area (Å²) in [6.45, 7) is 0.277. The summed E-state index contributed by atoms with van der Waals surface area (Å²) in [6.07, 6.45) is 4.25. The van der Waals surface area contributed by atoms with Gasteiger partial charge in [-0.1, -0.05) is 30.3 Å². The smallest absolute Gasteiger partial charge is 0.418 e. The van der Waals surface area contributed by atoms with Crippen molar-refractivity contribution in [2.45, 2.75) is 12.3 Å². The maximum Gasteiger partial charge on any atom is 0.418 e. The largest absolute Gasteiger partial charge is 0.454 e. The number of ether oxygens (including phenoxy) is 3. The van der Waals surface area contributed by atoms with E-state index >= 15 is 0 Å². The predicted octanol–water partition coefficient (Wildman–Crippen LogP) is 3.84. The topological polar surface area (TPSA) is 48.0 Å². The van der Waals surface area contributed by atoms with Gasteiger partial charge in [0, 0.05) is 12.1 Å². The van der Waals surface area contributed by atoms with E-state index in [1.807, 2.05) is 42.5 Å². The van der Waals surface area contributed by atoms with E-state index in [0.717, 1.165) is 34.7 Å². The molecule has 0 aromatic heterocycles. The van der Waals surface area contributed by atoms with Crippen LogP contribution in [-0.2, 0) is 11.2 Å². The molecule has 0 saturated carbocycles. The Morgan fingerprint density at radius 2 is 2.04 bits per heavy atom. The lowest BCUT2D eigenvalue weighted by Gasteiger charge is -2.28. The zero-order valence-electron chi connectivity index (χ0n) is 13.3. The number of rotatable bonds is 2. The minimum Gasteiger partial charge on any atom is -0.454 e. The number of anilines is 1. The normalized spacial score (nSPS) is 17.5. The molecule has 5 nitrogen and oxygen atoms in total. The van der Waals surface area contributed by atoms with Gasteiger partial charge in [-0.15, -0.1) is 0 Å². The molecule has 2 aliphatic heterocycles. The summed E-state index contributed by atoms with van der Waals surface area (Å²) in [5.41, 5.74) is 3.12. The van der Waals surface area contributed by atoms with E-state index in [-0.39, 0.29) is 18.8 Å². The van der Waals surface area contributed by atoms with Crippen molar-refractivity contribution in [1.29, 1.82) is 0 Å². The molecule has 0 radical (unpaired) electrons. The van der Waals surface area contributed by atoms with Crippen LogP contribution < -0.4 is 14.4 Å². The van der Waals surface area contributed by atoms with Crippen molar-refractivity contribution in [1.82, 2.24) is 0 Å². The summed E-state index contributed by atoms with van der Waals surface area (Å²) in [5.74, 6) is 1.76. The Bertz CT molecular complexity index is 815. The molecule has 122 valence electrons. The molecule has 1 unspecified atom stereocenters. The van der Waals surface area contributed by atoms with Gasteiger partial charge in [0.2, 0.25) is 6.79 Å². The monoisotopic (exact) mass is 323 g/mol. The molecule has 4 rings (SSSR count). The van der Waals surface area contributed by atoms with E-state index in [4.69, 9.17) is 14.2 Å². The molecule has 1 atom stereocenters. The number of benzene rings is 2. The van der Waals surface area contributed by atoms with Gasteiger partial charge in [0.25, 0.3) is 0 Å². The number of carbonyl (C=O) groups is 1. The minimum atomic E-state index is -0.389. The first-order chi connectivity index (χ1) is 11.8. The van der Waals surface area contributed by atoms with E-state index in [2.05, 4.69) is 6.07 Å². The maximum absolute atomic E-state index is 11.9. The first kappa shape index (κ1) is 14.6. The van der Waals surface area contributed by atoms with Crippen LogP contribution in [0.4, 0.5) is 10.5 Å². The fourth-order valence-corrected chi connectivity index (χ4v) is 3.15. The summed E-state index contributed by atoms with van der Waals surface area (Å²) in [6, 6.07) is 13.9. The second-order valence-corrected chi connectivity index (χ2v) is 5.74. The van der Waals surface area contributed by atoms with Gasteiger partial charge in [0.05, 0.1) is 12.8 Å². The van der Waals surface area contributed by atoms with Crippen molar-refractivity contribution in [3.8, 4) is 11.5 Å². The molecule has 0 fully saturated rings. The van der Waals surface area contributed by atoms with Gasteiger partial charge in [-0.05, 0) is 35.7 Å². The van der Waals surface area contributed by atoms with Crippen molar-refractivity contribution < 1.29 is 19.0 Å². The third kappa shape index (κ3) is 2.48. The summed E-state index contributed by atoms with van der Waals surface area (Å²) in [5, 5.41) is 0. The average molecular weight is 323 g/mol. The van der Waals surface area contributed by atoms with E-state index in [9.17, 15) is 4.79 Å². The van der Waals surface area contributed by atoms with Crippen LogP contribution in [0, 0.1) is 0 Å². The van der Waals surface area contributed by atoms with Crippen LogP contribution in [0.1, 0.15) is 17.0 Å². The molecule has 2 aliphatic rings. The van der Waals surface area contributed by atoms with Crippen LogP contribution in [0.5, 0.6) is 11.5 Å². The van der Waals surface area contributed by atoms with Crippen LogP contribution in [0.3, 0.4) is 0 Å². The Kier molecular flexibility index (Phi) is 3.61. The Morgan fingerprint density at radius 1 is 1.21 bits per heavy atom. The number of amides is 1. The van der Waals surface area contributed by atoms with Crippen molar-refractivity contribution in [2.24, 2.45) is 0 Å². The van der Waals surface area contributed by atoms with Crippen molar-refractivity contribution in [3.05, 3.63) is 65.9 Å². The second-order valence-electron chi connectivity index (χ2n) is 5.74. The predicted molar refractivity (Wildman–Crippen MR) is 89.5 cm³/mol. The third-order valence-corrected chi connectivity index (χ3v) is 4.33. The highest BCUT2D eigenvalue weighted by Gasteiger charge is 2.25. The number of nitrogens with zero attached hydrogens (tertiary/aromatic N) is 1. The lowest BCUT2D eigenvalue weighted by molar-refractivity contribution is 0.174. The van der Waals surface area contributed by atoms with E-state index in [0.29, 0.717) is 0 Å². The maximum atomic E-state index is 11.9. The molecule has 2 heterocycles. The lowest BCUT2D eigenvalue weighted by atomic mass is 9.88. The molecular weight excluding hydrogens is 306 g/mol. The van der Waals surface area contributed by atoms with Crippen LogP contribution in [0.25, 0.3) is 0 Å². The van der Waals surface area contributed by atoms with Crippen molar-refractivity contribution in [3.63, 3.8) is 0 Å². The zero-order chi connectivity index (χ0) is 16.5. The fraction of sp³-hybridized carbons (Fsp3) is 0.211. The minimum absolute atomic E-state index is 0.183. The van der Waals surface area contributed by atoms with Crippen LogP contribution >= 0.6 is 0 Å². The molecule has 2 aromatic rings. The average Bonchev–Trinajstić information content (AvgIpc) is 3.09. The van der Waals surface area contributed by atoms with Crippen LogP contribution in [-0.4, -0.2) is 20.0 Å². The van der Waals surface area contributed by atoms with Gasteiger partial charge in [-0.25, -0.2) is 4.79 Å². The van der Waals surface area contributed by atoms with Crippen LogP contribution in [0.2, 0.25) is 0 Å². The number of fused-ring (bicyclic) bond motifs is 2. The number of carbonyl (C=O) groups excluding carboxylic acids is 1. The number of allylic oxidation sites excluding steroid dienone is 1. The first-order valence-electron chi connectivity index (χ1n) is 7.79. The molecule has 0 saturated heterocycles. The van der Waals surface area contributed by atoms with Crippen molar-refractivity contribution >= 4 is 11.8 Å². The van der Waals surface area contributed by atoms with Gasteiger partial charge in [-0.2, -0.15) is 0 Å². The van der Waals surface area contributed by atoms with E-state index < -0.39 is 0 Å². The van der Waals surface area contributed by atoms with E-state index in [1.165, 1.54) is 12.0 Å². The molecule has 2 aromatic carbocycles.